The number of benzene rings is 2. The maximum atomic E-state index is 12.4. The van der Waals surface area contributed by atoms with Gasteiger partial charge in [-0.15, -0.1) is 11.3 Å². The van der Waals surface area contributed by atoms with Gasteiger partial charge in [-0.1, -0.05) is 23.8 Å². The molecule has 0 saturated heterocycles. The summed E-state index contributed by atoms with van der Waals surface area (Å²) in [5.41, 5.74) is 5.02. The highest BCUT2D eigenvalue weighted by Crippen LogP contribution is 2.33. The van der Waals surface area contributed by atoms with E-state index in [0.717, 1.165) is 22.4 Å². The molecule has 1 heterocycles. The molecule has 1 aromatic heterocycles. The van der Waals surface area contributed by atoms with Gasteiger partial charge in [0.25, 0.3) is 0 Å². The van der Waals surface area contributed by atoms with Gasteiger partial charge in [0.15, 0.2) is 16.6 Å². The van der Waals surface area contributed by atoms with Crippen LogP contribution in [0, 0.1) is 13.8 Å². The monoisotopic (exact) mass is 382 g/mol. The molecule has 0 atom stereocenters. The minimum Gasteiger partial charge on any atom is -0.493 e. The molecule has 6 heteroatoms. The van der Waals surface area contributed by atoms with Gasteiger partial charge in [-0.25, -0.2) is 4.98 Å². The van der Waals surface area contributed by atoms with Crippen LogP contribution in [-0.2, 0) is 11.2 Å². The summed E-state index contributed by atoms with van der Waals surface area (Å²) in [6, 6.07) is 11.7. The van der Waals surface area contributed by atoms with Crippen LogP contribution in [0.25, 0.3) is 11.3 Å². The highest BCUT2D eigenvalue weighted by molar-refractivity contribution is 7.14. The van der Waals surface area contributed by atoms with Crippen molar-refractivity contribution in [1.82, 2.24) is 4.98 Å². The van der Waals surface area contributed by atoms with E-state index in [1.807, 2.05) is 49.6 Å². The van der Waals surface area contributed by atoms with E-state index in [0.29, 0.717) is 23.1 Å². The van der Waals surface area contributed by atoms with Crippen LogP contribution in [0.2, 0.25) is 0 Å². The molecule has 0 bridgehead atoms. The van der Waals surface area contributed by atoms with Crippen LogP contribution in [0.5, 0.6) is 11.5 Å². The summed E-state index contributed by atoms with van der Waals surface area (Å²) in [7, 11) is 3.20. The molecule has 3 rings (SSSR count). The standard InChI is InChI=1S/C21H22N2O3S/c1-13-5-6-15(14(2)9-13)11-20(24)23-21-22-17(12-27-21)16-7-8-18(25-3)19(10-16)26-4/h5-10,12H,11H2,1-4H3,(H,22,23,24). The summed E-state index contributed by atoms with van der Waals surface area (Å²) >= 11 is 1.40. The fraction of sp³-hybridized carbons (Fsp3) is 0.238. The van der Waals surface area contributed by atoms with E-state index in [2.05, 4.69) is 16.4 Å². The Morgan fingerprint density at radius 1 is 1.07 bits per heavy atom. The molecule has 3 aromatic rings. The molecule has 1 amide bonds. The highest BCUT2D eigenvalue weighted by Gasteiger charge is 2.12. The number of nitrogens with one attached hydrogen (secondary N) is 1. The fourth-order valence-electron chi connectivity index (χ4n) is 2.84. The third-order valence-electron chi connectivity index (χ3n) is 4.28. The maximum absolute atomic E-state index is 12.4. The molecular formula is C21H22N2O3S. The number of carbonyl (C=O) groups is 1. The number of methoxy groups -OCH3 is 2. The van der Waals surface area contributed by atoms with Crippen LogP contribution >= 0.6 is 11.3 Å². The van der Waals surface area contributed by atoms with Crippen molar-refractivity contribution in [1.29, 1.82) is 0 Å². The van der Waals surface area contributed by atoms with E-state index in [1.54, 1.807) is 14.2 Å². The minimum atomic E-state index is -0.0739. The first-order valence-electron chi connectivity index (χ1n) is 8.54. The Kier molecular flexibility index (Phi) is 5.76. The molecule has 0 saturated carbocycles. The topological polar surface area (TPSA) is 60.5 Å². The molecule has 5 nitrogen and oxygen atoms in total. The van der Waals surface area contributed by atoms with Crippen molar-refractivity contribution in [3.63, 3.8) is 0 Å². The lowest BCUT2D eigenvalue weighted by molar-refractivity contribution is -0.115. The summed E-state index contributed by atoms with van der Waals surface area (Å²) < 4.78 is 10.6. The van der Waals surface area contributed by atoms with Crippen molar-refractivity contribution in [2.75, 3.05) is 19.5 Å². The third kappa shape index (κ3) is 4.46. The Labute approximate surface area is 163 Å². The van der Waals surface area contributed by atoms with E-state index >= 15 is 0 Å². The molecule has 0 radical (unpaired) electrons. The van der Waals surface area contributed by atoms with Crippen molar-refractivity contribution in [2.24, 2.45) is 0 Å². The van der Waals surface area contributed by atoms with Gasteiger partial charge in [0.2, 0.25) is 5.91 Å². The maximum Gasteiger partial charge on any atom is 0.230 e. The number of amides is 1. The van der Waals surface area contributed by atoms with Crippen molar-refractivity contribution in [3.05, 3.63) is 58.5 Å². The Hall–Kier alpha value is -2.86. The quantitative estimate of drug-likeness (QED) is 0.675. The van der Waals surface area contributed by atoms with E-state index < -0.39 is 0 Å². The number of hydrogen-bond donors (Lipinski definition) is 1. The van der Waals surface area contributed by atoms with Crippen LogP contribution in [-0.4, -0.2) is 25.1 Å². The summed E-state index contributed by atoms with van der Waals surface area (Å²) in [5, 5.41) is 5.38. The van der Waals surface area contributed by atoms with Crippen molar-refractivity contribution < 1.29 is 14.3 Å². The lowest BCUT2D eigenvalue weighted by Crippen LogP contribution is -2.14. The second kappa shape index (κ2) is 8.22. The predicted octanol–water partition coefficient (Wildman–Crippen LogP) is 4.63. The smallest absolute Gasteiger partial charge is 0.230 e. The number of carbonyl (C=O) groups excluding carboxylic acids is 1. The molecule has 0 unspecified atom stereocenters. The Morgan fingerprint density at radius 2 is 1.85 bits per heavy atom. The average Bonchev–Trinajstić information content (AvgIpc) is 3.11. The predicted molar refractivity (Wildman–Crippen MR) is 109 cm³/mol. The Morgan fingerprint density at radius 3 is 2.56 bits per heavy atom. The minimum absolute atomic E-state index is 0.0739. The van der Waals surface area contributed by atoms with Gasteiger partial charge in [-0.05, 0) is 43.2 Å². The molecule has 27 heavy (non-hydrogen) atoms. The number of hydrogen-bond acceptors (Lipinski definition) is 5. The zero-order chi connectivity index (χ0) is 19.4. The summed E-state index contributed by atoms with van der Waals surface area (Å²) in [4.78, 5) is 16.9. The normalized spacial score (nSPS) is 10.5. The number of anilines is 1. The molecule has 0 fully saturated rings. The summed E-state index contributed by atoms with van der Waals surface area (Å²) in [6.07, 6.45) is 0.331. The fourth-order valence-corrected chi connectivity index (χ4v) is 3.58. The molecule has 0 aliphatic heterocycles. The second-order valence-corrected chi connectivity index (χ2v) is 7.12. The zero-order valence-corrected chi connectivity index (χ0v) is 16.6. The van der Waals surface area contributed by atoms with Crippen LogP contribution in [0.3, 0.4) is 0 Å². The number of aromatic nitrogens is 1. The van der Waals surface area contributed by atoms with Crippen LogP contribution in [0.1, 0.15) is 16.7 Å². The molecule has 2 aromatic carbocycles. The van der Waals surface area contributed by atoms with Gasteiger partial charge in [-0.3, -0.25) is 4.79 Å². The van der Waals surface area contributed by atoms with E-state index in [1.165, 1.54) is 16.9 Å². The molecule has 0 spiro atoms. The molecular weight excluding hydrogens is 360 g/mol. The highest BCUT2D eigenvalue weighted by atomic mass is 32.1. The first kappa shape index (κ1) is 18.9. The van der Waals surface area contributed by atoms with Crippen LogP contribution in [0.4, 0.5) is 5.13 Å². The lowest BCUT2D eigenvalue weighted by Gasteiger charge is -2.08. The van der Waals surface area contributed by atoms with E-state index in [4.69, 9.17) is 9.47 Å². The number of aryl methyl sites for hydroxylation is 2. The SMILES string of the molecule is COc1ccc(-c2csc(NC(=O)Cc3ccc(C)cc3C)n2)cc1OC. The van der Waals surface area contributed by atoms with Gasteiger partial charge in [0, 0.05) is 10.9 Å². The van der Waals surface area contributed by atoms with Crippen molar-refractivity contribution >= 4 is 22.4 Å². The van der Waals surface area contributed by atoms with Crippen LogP contribution < -0.4 is 14.8 Å². The van der Waals surface area contributed by atoms with Gasteiger partial charge in [0.05, 0.1) is 26.3 Å². The lowest BCUT2D eigenvalue weighted by atomic mass is 10.0. The van der Waals surface area contributed by atoms with Crippen molar-refractivity contribution in [3.8, 4) is 22.8 Å². The van der Waals surface area contributed by atoms with Gasteiger partial charge < -0.3 is 14.8 Å². The van der Waals surface area contributed by atoms with Crippen molar-refractivity contribution in [2.45, 2.75) is 20.3 Å². The zero-order valence-electron chi connectivity index (χ0n) is 15.8. The number of thiazole rings is 1. The largest absolute Gasteiger partial charge is 0.493 e. The Balaban J connectivity index is 1.71. The summed E-state index contributed by atoms with van der Waals surface area (Å²) in [6.45, 7) is 4.07. The van der Waals surface area contributed by atoms with Gasteiger partial charge in [0.1, 0.15) is 0 Å². The molecule has 1 N–H and O–H groups in total. The van der Waals surface area contributed by atoms with Gasteiger partial charge in [-0.2, -0.15) is 0 Å². The second-order valence-electron chi connectivity index (χ2n) is 6.26. The molecule has 140 valence electrons. The Bertz CT molecular complexity index is 966. The molecule has 0 aliphatic rings. The first-order chi connectivity index (χ1) is 13.0. The number of rotatable bonds is 6. The number of nitrogens with zero attached hydrogens (tertiary/aromatic N) is 1. The first-order valence-corrected chi connectivity index (χ1v) is 9.42. The van der Waals surface area contributed by atoms with E-state index in [-0.39, 0.29) is 5.91 Å². The molecule has 0 aliphatic carbocycles. The van der Waals surface area contributed by atoms with Crippen LogP contribution in [0.15, 0.2) is 41.8 Å². The van der Waals surface area contributed by atoms with E-state index in [9.17, 15) is 4.79 Å². The van der Waals surface area contributed by atoms with Gasteiger partial charge >= 0.3 is 0 Å². The average molecular weight is 382 g/mol. The summed E-state index contributed by atoms with van der Waals surface area (Å²) in [5.74, 6) is 1.23. The number of ether oxygens (including phenoxy) is 2. The third-order valence-corrected chi connectivity index (χ3v) is 5.04.